The fourth-order valence-corrected chi connectivity index (χ4v) is 3.95. The number of rotatable bonds is 4. The van der Waals surface area contributed by atoms with Crippen molar-refractivity contribution in [2.45, 2.75) is 18.1 Å². The van der Waals surface area contributed by atoms with E-state index in [4.69, 9.17) is 5.11 Å². The molecule has 1 heterocycles. The molecule has 0 fully saturated rings. The minimum absolute atomic E-state index is 0.0472. The van der Waals surface area contributed by atoms with Crippen LogP contribution in [-0.2, 0) is 10.0 Å². The number of carbonyl (C=O) groups is 1. The van der Waals surface area contributed by atoms with Crippen molar-refractivity contribution in [3.8, 4) is 5.75 Å². The molecule has 0 aliphatic carbocycles. The van der Waals surface area contributed by atoms with Crippen LogP contribution in [0.1, 0.15) is 20.8 Å². The predicted molar refractivity (Wildman–Crippen MR) is 79.7 cm³/mol. The van der Waals surface area contributed by atoms with Gasteiger partial charge in [-0.2, -0.15) is 0 Å². The summed E-state index contributed by atoms with van der Waals surface area (Å²) in [6.45, 7) is 3.31. The van der Waals surface area contributed by atoms with Crippen molar-refractivity contribution in [1.82, 2.24) is 0 Å². The van der Waals surface area contributed by atoms with Crippen LogP contribution >= 0.6 is 11.3 Å². The molecule has 0 saturated carbocycles. The molecule has 0 amide bonds. The molecule has 8 heteroatoms. The highest BCUT2D eigenvalue weighted by Gasteiger charge is 2.20. The maximum atomic E-state index is 12.2. The van der Waals surface area contributed by atoms with Gasteiger partial charge in [-0.15, -0.1) is 11.3 Å². The summed E-state index contributed by atoms with van der Waals surface area (Å²) in [4.78, 5) is 10.8. The lowest BCUT2D eigenvalue weighted by Gasteiger charge is -2.11. The molecule has 6 nitrogen and oxygen atoms in total. The highest BCUT2D eigenvalue weighted by Crippen LogP contribution is 2.29. The first-order valence-electron chi connectivity index (χ1n) is 5.87. The molecule has 2 aromatic rings. The number of carboxylic acids is 1. The number of thiophene rings is 1. The Morgan fingerprint density at radius 1 is 1.19 bits per heavy atom. The SMILES string of the molecule is Cc1cc(NS(=O)(=O)c2ccc(C(=O)O)s2)c(C)cc1O. The lowest BCUT2D eigenvalue weighted by Crippen LogP contribution is -2.12. The molecule has 0 aliphatic heterocycles. The van der Waals surface area contributed by atoms with Crippen LogP contribution in [0.5, 0.6) is 5.75 Å². The number of phenols is 1. The lowest BCUT2D eigenvalue weighted by atomic mass is 10.1. The summed E-state index contributed by atoms with van der Waals surface area (Å²) in [5.41, 5.74) is 1.45. The van der Waals surface area contributed by atoms with Gasteiger partial charge in [-0.05, 0) is 49.2 Å². The number of anilines is 1. The summed E-state index contributed by atoms with van der Waals surface area (Å²) in [5, 5.41) is 18.4. The molecule has 112 valence electrons. The topological polar surface area (TPSA) is 104 Å². The van der Waals surface area contributed by atoms with Gasteiger partial charge in [0, 0.05) is 0 Å². The van der Waals surface area contributed by atoms with E-state index in [2.05, 4.69) is 4.72 Å². The molecule has 0 bridgehead atoms. The molecular formula is C13H13NO5S2. The van der Waals surface area contributed by atoms with Crippen LogP contribution in [-0.4, -0.2) is 24.6 Å². The molecule has 0 unspecified atom stereocenters. The molecule has 1 aromatic heterocycles. The van der Waals surface area contributed by atoms with Gasteiger partial charge in [0.25, 0.3) is 10.0 Å². The molecule has 0 aliphatic rings. The minimum atomic E-state index is -3.85. The number of sulfonamides is 1. The van der Waals surface area contributed by atoms with Crippen LogP contribution in [0.2, 0.25) is 0 Å². The van der Waals surface area contributed by atoms with Crippen LogP contribution in [0.3, 0.4) is 0 Å². The lowest BCUT2D eigenvalue weighted by molar-refractivity contribution is 0.0702. The smallest absolute Gasteiger partial charge is 0.345 e. The number of hydrogen-bond donors (Lipinski definition) is 3. The maximum absolute atomic E-state index is 12.2. The highest BCUT2D eigenvalue weighted by molar-refractivity contribution is 7.94. The summed E-state index contributed by atoms with van der Waals surface area (Å²) in [7, 11) is -3.85. The van der Waals surface area contributed by atoms with E-state index >= 15 is 0 Å². The Hall–Kier alpha value is -2.06. The third-order valence-electron chi connectivity index (χ3n) is 2.84. The number of carboxylic acid groups (broad SMARTS) is 1. The molecule has 1 aromatic carbocycles. The second-order valence-corrected chi connectivity index (χ2v) is 7.48. The predicted octanol–water partition coefficient (Wildman–Crippen LogP) is 2.57. The zero-order valence-electron chi connectivity index (χ0n) is 11.2. The normalized spacial score (nSPS) is 11.3. The van der Waals surface area contributed by atoms with Gasteiger partial charge in [-0.1, -0.05) is 0 Å². The molecule has 0 radical (unpaired) electrons. The van der Waals surface area contributed by atoms with E-state index < -0.39 is 16.0 Å². The summed E-state index contributed by atoms with van der Waals surface area (Å²) >= 11 is 0.681. The molecule has 3 N–H and O–H groups in total. The van der Waals surface area contributed by atoms with Gasteiger partial charge < -0.3 is 10.2 Å². The molecule has 2 rings (SSSR count). The molecule has 0 spiro atoms. The molecule has 0 saturated heterocycles. The van der Waals surface area contributed by atoms with Crippen LogP contribution in [0.4, 0.5) is 5.69 Å². The van der Waals surface area contributed by atoms with Crippen molar-refractivity contribution in [2.24, 2.45) is 0 Å². The van der Waals surface area contributed by atoms with E-state index in [1.807, 2.05) is 0 Å². The van der Waals surface area contributed by atoms with Crippen LogP contribution in [0, 0.1) is 13.8 Å². The van der Waals surface area contributed by atoms with Gasteiger partial charge in [0.1, 0.15) is 14.8 Å². The van der Waals surface area contributed by atoms with Gasteiger partial charge in [0.2, 0.25) is 0 Å². The van der Waals surface area contributed by atoms with E-state index in [0.29, 0.717) is 28.2 Å². The Labute approximate surface area is 125 Å². The fourth-order valence-electron chi connectivity index (χ4n) is 1.69. The molecule has 21 heavy (non-hydrogen) atoms. The van der Waals surface area contributed by atoms with Gasteiger partial charge in [-0.3, -0.25) is 4.72 Å². The quantitative estimate of drug-likeness (QED) is 0.749. The number of benzene rings is 1. The van der Waals surface area contributed by atoms with E-state index in [0.717, 1.165) is 0 Å². The number of phenolic OH excluding ortho intramolecular Hbond substituents is 1. The van der Waals surface area contributed by atoms with Crippen molar-refractivity contribution in [2.75, 3.05) is 4.72 Å². The standard InChI is InChI=1S/C13H13NO5S2/c1-7-6-10(15)8(2)5-9(7)14-21(18,19)12-4-3-11(20-12)13(16)17/h3-6,14-15H,1-2H3,(H,16,17). The second kappa shape index (κ2) is 5.38. The van der Waals surface area contributed by atoms with Crippen LogP contribution in [0.25, 0.3) is 0 Å². The van der Waals surface area contributed by atoms with E-state index in [1.54, 1.807) is 13.8 Å². The minimum Gasteiger partial charge on any atom is -0.508 e. The Bertz CT molecular complexity index is 808. The third-order valence-corrected chi connectivity index (χ3v) is 5.77. The Morgan fingerprint density at radius 3 is 2.43 bits per heavy atom. The zero-order valence-corrected chi connectivity index (χ0v) is 12.9. The van der Waals surface area contributed by atoms with Crippen LogP contribution < -0.4 is 4.72 Å². The van der Waals surface area contributed by atoms with Gasteiger partial charge in [0.05, 0.1) is 5.69 Å². The zero-order chi connectivity index (χ0) is 15.8. The van der Waals surface area contributed by atoms with Crippen molar-refractivity contribution in [3.05, 3.63) is 40.3 Å². The van der Waals surface area contributed by atoms with E-state index in [9.17, 15) is 18.3 Å². The van der Waals surface area contributed by atoms with Crippen molar-refractivity contribution in [3.63, 3.8) is 0 Å². The first kappa shape index (κ1) is 15.3. The van der Waals surface area contributed by atoms with E-state index in [-0.39, 0.29) is 14.8 Å². The third kappa shape index (κ3) is 3.17. The molecule has 0 atom stereocenters. The Morgan fingerprint density at radius 2 is 1.86 bits per heavy atom. The second-order valence-electron chi connectivity index (χ2n) is 4.48. The largest absolute Gasteiger partial charge is 0.508 e. The Balaban J connectivity index is 2.37. The van der Waals surface area contributed by atoms with Gasteiger partial charge in [-0.25, -0.2) is 13.2 Å². The summed E-state index contributed by atoms with van der Waals surface area (Å²) in [5.74, 6) is -1.09. The van der Waals surface area contributed by atoms with Crippen LogP contribution in [0.15, 0.2) is 28.5 Å². The van der Waals surface area contributed by atoms with Crippen molar-refractivity contribution < 1.29 is 23.4 Å². The highest BCUT2D eigenvalue weighted by atomic mass is 32.2. The summed E-state index contributed by atoms with van der Waals surface area (Å²) in [6.07, 6.45) is 0. The number of aromatic carboxylic acids is 1. The average Bonchev–Trinajstić information content (AvgIpc) is 2.86. The fraction of sp³-hybridized carbons (Fsp3) is 0.154. The van der Waals surface area contributed by atoms with Gasteiger partial charge >= 0.3 is 5.97 Å². The number of aromatic hydroxyl groups is 1. The molecular weight excluding hydrogens is 314 g/mol. The summed E-state index contributed by atoms with van der Waals surface area (Å²) < 4.78 is 26.8. The van der Waals surface area contributed by atoms with Gasteiger partial charge in [0.15, 0.2) is 0 Å². The number of hydrogen-bond acceptors (Lipinski definition) is 5. The first-order chi connectivity index (χ1) is 9.70. The first-order valence-corrected chi connectivity index (χ1v) is 8.17. The van der Waals surface area contributed by atoms with Crippen molar-refractivity contribution in [1.29, 1.82) is 0 Å². The maximum Gasteiger partial charge on any atom is 0.345 e. The number of aryl methyl sites for hydroxylation is 2. The van der Waals surface area contributed by atoms with Crippen molar-refractivity contribution >= 4 is 33.0 Å². The summed E-state index contributed by atoms with van der Waals surface area (Å²) in [6, 6.07) is 5.48. The van der Waals surface area contributed by atoms with E-state index in [1.165, 1.54) is 24.3 Å². The monoisotopic (exact) mass is 327 g/mol. The Kier molecular flexibility index (Phi) is 3.93. The number of nitrogens with one attached hydrogen (secondary N) is 1. The average molecular weight is 327 g/mol.